The Balaban J connectivity index is 1.77. The van der Waals surface area contributed by atoms with E-state index in [0.717, 1.165) is 5.56 Å². The van der Waals surface area contributed by atoms with Gasteiger partial charge in [-0.25, -0.2) is 0 Å². The number of benzene rings is 2. The first-order chi connectivity index (χ1) is 11.2. The Morgan fingerprint density at radius 3 is 2.22 bits per heavy atom. The zero-order valence-corrected chi connectivity index (χ0v) is 12.8. The van der Waals surface area contributed by atoms with Gasteiger partial charge < -0.3 is 15.8 Å². The van der Waals surface area contributed by atoms with Gasteiger partial charge in [-0.15, -0.1) is 0 Å². The monoisotopic (exact) mass is 312 g/mol. The lowest BCUT2D eigenvalue weighted by Gasteiger charge is -2.15. The van der Waals surface area contributed by atoms with Crippen molar-refractivity contribution >= 4 is 11.8 Å². The van der Waals surface area contributed by atoms with Crippen LogP contribution in [0.2, 0.25) is 0 Å². The minimum atomic E-state index is -0.821. The average Bonchev–Trinajstić information content (AvgIpc) is 2.58. The lowest BCUT2D eigenvalue weighted by molar-refractivity contribution is -0.128. The molecule has 3 N–H and O–H groups in total. The standard InChI is InChI=1S/C18H20N2O3/c19-18(22)17(15-9-5-2-6-10-15)20-16(21)11-12-23-13-14-7-3-1-4-8-14/h1-10,17H,11-13H2,(H2,19,22)(H,20,21)/t17-/m0/s1. The van der Waals surface area contributed by atoms with Crippen molar-refractivity contribution in [1.29, 1.82) is 0 Å². The van der Waals surface area contributed by atoms with Crippen molar-refractivity contribution in [2.45, 2.75) is 19.1 Å². The average molecular weight is 312 g/mol. The molecular weight excluding hydrogens is 292 g/mol. The van der Waals surface area contributed by atoms with E-state index in [4.69, 9.17) is 10.5 Å². The van der Waals surface area contributed by atoms with Gasteiger partial charge in [-0.05, 0) is 11.1 Å². The van der Waals surface area contributed by atoms with E-state index in [2.05, 4.69) is 5.32 Å². The highest BCUT2D eigenvalue weighted by molar-refractivity contribution is 5.87. The molecule has 0 aliphatic carbocycles. The van der Waals surface area contributed by atoms with Crippen molar-refractivity contribution in [2.24, 2.45) is 5.73 Å². The second-order valence-corrected chi connectivity index (χ2v) is 5.10. The lowest BCUT2D eigenvalue weighted by Crippen LogP contribution is -2.37. The quantitative estimate of drug-likeness (QED) is 0.731. The topological polar surface area (TPSA) is 81.4 Å². The van der Waals surface area contributed by atoms with E-state index in [1.54, 1.807) is 24.3 Å². The summed E-state index contributed by atoms with van der Waals surface area (Å²) in [6.07, 6.45) is 0.170. The predicted molar refractivity (Wildman–Crippen MR) is 87.2 cm³/mol. The molecule has 1 atom stereocenters. The minimum absolute atomic E-state index is 0.170. The summed E-state index contributed by atoms with van der Waals surface area (Å²) >= 11 is 0. The van der Waals surface area contributed by atoms with E-state index in [0.29, 0.717) is 12.2 Å². The van der Waals surface area contributed by atoms with E-state index < -0.39 is 11.9 Å². The van der Waals surface area contributed by atoms with E-state index in [-0.39, 0.29) is 18.9 Å². The number of ether oxygens (including phenoxy) is 1. The van der Waals surface area contributed by atoms with Crippen molar-refractivity contribution in [3.05, 3.63) is 71.8 Å². The molecule has 0 spiro atoms. The van der Waals surface area contributed by atoms with E-state index in [9.17, 15) is 9.59 Å². The highest BCUT2D eigenvalue weighted by Gasteiger charge is 2.19. The number of nitrogens with one attached hydrogen (secondary N) is 1. The van der Waals surface area contributed by atoms with Crippen LogP contribution in [0.5, 0.6) is 0 Å². The van der Waals surface area contributed by atoms with Crippen LogP contribution >= 0.6 is 0 Å². The van der Waals surface area contributed by atoms with Gasteiger partial charge in [0.05, 0.1) is 19.6 Å². The van der Waals surface area contributed by atoms with Crippen LogP contribution in [-0.4, -0.2) is 18.4 Å². The maximum absolute atomic E-state index is 11.9. The number of nitrogens with two attached hydrogens (primary N) is 1. The normalized spacial score (nSPS) is 11.7. The molecule has 0 saturated carbocycles. The van der Waals surface area contributed by atoms with Crippen molar-refractivity contribution in [3.8, 4) is 0 Å². The maximum atomic E-state index is 11.9. The number of amides is 2. The SMILES string of the molecule is NC(=O)[C@@H](NC(=O)CCOCc1ccccc1)c1ccccc1. The molecule has 2 rings (SSSR count). The molecule has 0 fully saturated rings. The Bertz CT molecular complexity index is 629. The molecule has 5 heteroatoms. The number of hydrogen-bond donors (Lipinski definition) is 2. The number of carbonyl (C=O) groups is 2. The molecule has 0 aliphatic heterocycles. The van der Waals surface area contributed by atoms with Gasteiger partial charge >= 0.3 is 0 Å². The molecule has 0 unspecified atom stereocenters. The maximum Gasteiger partial charge on any atom is 0.244 e. The summed E-state index contributed by atoms with van der Waals surface area (Å²) < 4.78 is 5.46. The molecule has 23 heavy (non-hydrogen) atoms. The summed E-state index contributed by atoms with van der Waals surface area (Å²) in [5.74, 6) is -0.861. The summed E-state index contributed by atoms with van der Waals surface area (Å²) in [5.41, 5.74) is 7.08. The zero-order chi connectivity index (χ0) is 16.5. The Labute approximate surface area is 135 Å². The first-order valence-corrected chi connectivity index (χ1v) is 7.42. The van der Waals surface area contributed by atoms with Gasteiger partial charge in [-0.1, -0.05) is 60.7 Å². The van der Waals surface area contributed by atoms with Crippen LogP contribution in [0, 0.1) is 0 Å². The summed E-state index contributed by atoms with van der Waals surface area (Å²) in [6.45, 7) is 0.729. The van der Waals surface area contributed by atoms with Gasteiger partial charge in [0.2, 0.25) is 11.8 Å². The summed E-state index contributed by atoms with van der Waals surface area (Å²) in [4.78, 5) is 23.5. The van der Waals surface area contributed by atoms with Crippen LogP contribution < -0.4 is 11.1 Å². The molecule has 0 heterocycles. The van der Waals surface area contributed by atoms with Gasteiger partial charge in [-0.3, -0.25) is 9.59 Å². The fourth-order valence-electron chi connectivity index (χ4n) is 2.13. The Kier molecular flexibility index (Phi) is 6.32. The van der Waals surface area contributed by atoms with Crippen molar-refractivity contribution in [1.82, 2.24) is 5.32 Å². The second kappa shape index (κ2) is 8.70. The molecule has 120 valence electrons. The lowest BCUT2D eigenvalue weighted by atomic mass is 10.1. The number of primary amides is 1. The van der Waals surface area contributed by atoms with Gasteiger partial charge in [0, 0.05) is 0 Å². The highest BCUT2D eigenvalue weighted by Crippen LogP contribution is 2.12. The molecule has 0 aliphatic rings. The van der Waals surface area contributed by atoms with Crippen molar-refractivity contribution in [3.63, 3.8) is 0 Å². The fourth-order valence-corrected chi connectivity index (χ4v) is 2.13. The van der Waals surface area contributed by atoms with Gasteiger partial charge in [0.15, 0.2) is 0 Å². The number of hydrogen-bond acceptors (Lipinski definition) is 3. The van der Waals surface area contributed by atoms with Gasteiger partial charge in [0.25, 0.3) is 0 Å². The molecule has 0 radical (unpaired) electrons. The second-order valence-electron chi connectivity index (χ2n) is 5.10. The smallest absolute Gasteiger partial charge is 0.244 e. The summed E-state index contributed by atoms with van der Waals surface area (Å²) in [6, 6.07) is 17.8. The first-order valence-electron chi connectivity index (χ1n) is 7.42. The number of carbonyl (C=O) groups excluding carboxylic acids is 2. The highest BCUT2D eigenvalue weighted by atomic mass is 16.5. The number of rotatable bonds is 8. The van der Waals surface area contributed by atoms with E-state index in [1.165, 1.54) is 0 Å². The van der Waals surface area contributed by atoms with Crippen LogP contribution in [0.25, 0.3) is 0 Å². The van der Waals surface area contributed by atoms with Crippen LogP contribution in [0.15, 0.2) is 60.7 Å². The Hall–Kier alpha value is -2.66. The van der Waals surface area contributed by atoms with Crippen LogP contribution in [0.1, 0.15) is 23.6 Å². The molecule has 2 aromatic rings. The molecule has 5 nitrogen and oxygen atoms in total. The molecular formula is C18H20N2O3. The molecule has 2 aromatic carbocycles. The molecule has 0 bridgehead atoms. The summed E-state index contributed by atoms with van der Waals surface area (Å²) in [7, 11) is 0. The predicted octanol–water partition coefficient (Wildman–Crippen LogP) is 1.94. The zero-order valence-electron chi connectivity index (χ0n) is 12.8. The van der Waals surface area contributed by atoms with Gasteiger partial charge in [0.1, 0.15) is 6.04 Å². The third-order valence-electron chi connectivity index (χ3n) is 3.31. The van der Waals surface area contributed by atoms with E-state index >= 15 is 0 Å². The van der Waals surface area contributed by atoms with Crippen LogP contribution in [0.4, 0.5) is 0 Å². The fraction of sp³-hybridized carbons (Fsp3) is 0.222. The largest absolute Gasteiger partial charge is 0.376 e. The van der Waals surface area contributed by atoms with Gasteiger partial charge in [-0.2, -0.15) is 0 Å². The molecule has 2 amide bonds. The van der Waals surface area contributed by atoms with Crippen LogP contribution in [-0.2, 0) is 20.9 Å². The first kappa shape index (κ1) is 16.7. The van der Waals surface area contributed by atoms with Crippen molar-refractivity contribution in [2.75, 3.05) is 6.61 Å². The van der Waals surface area contributed by atoms with E-state index in [1.807, 2.05) is 36.4 Å². The third kappa shape index (κ3) is 5.56. The third-order valence-corrected chi connectivity index (χ3v) is 3.31. The summed E-state index contributed by atoms with van der Waals surface area (Å²) in [5, 5.41) is 2.64. The molecule has 0 aromatic heterocycles. The molecule has 0 saturated heterocycles. The van der Waals surface area contributed by atoms with Crippen molar-refractivity contribution < 1.29 is 14.3 Å². The Morgan fingerprint density at radius 1 is 1.00 bits per heavy atom. The minimum Gasteiger partial charge on any atom is -0.376 e. The Morgan fingerprint density at radius 2 is 1.61 bits per heavy atom. The van der Waals surface area contributed by atoms with Crippen LogP contribution in [0.3, 0.4) is 0 Å².